The Morgan fingerprint density at radius 1 is 1.35 bits per heavy atom. The van der Waals surface area contributed by atoms with Gasteiger partial charge < -0.3 is 24.1 Å². The van der Waals surface area contributed by atoms with E-state index in [9.17, 15) is 9.90 Å². The zero-order chi connectivity index (χ0) is 18.8. The van der Waals surface area contributed by atoms with E-state index in [1.807, 2.05) is 6.92 Å². The smallest absolute Gasteiger partial charge is 0.337 e. The van der Waals surface area contributed by atoms with Crippen molar-refractivity contribution in [3.05, 3.63) is 29.3 Å². The van der Waals surface area contributed by atoms with E-state index < -0.39 is 12.1 Å². The summed E-state index contributed by atoms with van der Waals surface area (Å²) in [7, 11) is 1.35. The number of aliphatic hydroxyl groups excluding tert-OH is 1. The van der Waals surface area contributed by atoms with Gasteiger partial charge in [-0.25, -0.2) is 4.79 Å². The molecule has 1 aromatic carbocycles. The van der Waals surface area contributed by atoms with Crippen molar-refractivity contribution in [2.75, 3.05) is 53.2 Å². The number of carbonyl (C=O) groups excluding carboxylic acids is 1. The molecule has 1 N–H and O–H groups in total. The van der Waals surface area contributed by atoms with Gasteiger partial charge in [0.1, 0.15) is 18.5 Å². The molecule has 1 unspecified atom stereocenters. The topological polar surface area (TPSA) is 77.5 Å². The first-order valence-electron chi connectivity index (χ1n) is 9.04. The van der Waals surface area contributed by atoms with Crippen LogP contribution in [0.15, 0.2) is 18.2 Å². The highest BCUT2D eigenvalue weighted by atomic mass is 16.5. The van der Waals surface area contributed by atoms with Gasteiger partial charge in [0.25, 0.3) is 0 Å². The summed E-state index contributed by atoms with van der Waals surface area (Å²) < 4.78 is 21.5. The number of benzene rings is 1. The summed E-state index contributed by atoms with van der Waals surface area (Å²) in [5.41, 5.74) is 1.21. The zero-order valence-electron chi connectivity index (χ0n) is 15.6. The van der Waals surface area contributed by atoms with E-state index in [4.69, 9.17) is 18.9 Å². The normalized spacial score (nSPS) is 16.3. The molecule has 0 bridgehead atoms. The van der Waals surface area contributed by atoms with Gasteiger partial charge in [0.05, 0.1) is 32.5 Å². The van der Waals surface area contributed by atoms with Gasteiger partial charge in [0.2, 0.25) is 0 Å². The summed E-state index contributed by atoms with van der Waals surface area (Å²) in [5, 5.41) is 10.2. The maximum absolute atomic E-state index is 11.7. The SMILES string of the molecule is CCCOCc1cc(C(=O)OC)ccc1OCC(O)CN1CCOCC1. The standard InChI is InChI=1S/C19H29NO6/c1-3-8-25-13-16-11-15(19(22)23-2)4-5-18(16)26-14-17(21)12-20-6-9-24-10-7-20/h4-5,11,17,21H,3,6-10,12-14H2,1-2H3. The Hall–Kier alpha value is -1.67. The largest absolute Gasteiger partial charge is 0.490 e. The van der Waals surface area contributed by atoms with Crippen molar-refractivity contribution in [2.45, 2.75) is 26.1 Å². The summed E-state index contributed by atoms with van der Waals surface area (Å²) >= 11 is 0. The quantitative estimate of drug-likeness (QED) is 0.496. The lowest BCUT2D eigenvalue weighted by Gasteiger charge is -2.28. The van der Waals surface area contributed by atoms with Crippen molar-refractivity contribution in [1.29, 1.82) is 0 Å². The Labute approximate surface area is 154 Å². The highest BCUT2D eigenvalue weighted by Crippen LogP contribution is 2.22. The van der Waals surface area contributed by atoms with Gasteiger partial charge in [-0.05, 0) is 24.6 Å². The first-order chi connectivity index (χ1) is 12.6. The molecule has 2 rings (SSSR count). The van der Waals surface area contributed by atoms with Gasteiger partial charge in [-0.1, -0.05) is 6.92 Å². The Balaban J connectivity index is 1.95. The van der Waals surface area contributed by atoms with Gasteiger partial charge in [-0.15, -0.1) is 0 Å². The predicted octanol–water partition coefficient (Wildman–Crippen LogP) is 1.47. The Kier molecular flexibility index (Phi) is 8.84. The van der Waals surface area contributed by atoms with Crippen molar-refractivity contribution < 1.29 is 28.8 Å². The van der Waals surface area contributed by atoms with Gasteiger partial charge in [-0.3, -0.25) is 4.90 Å². The molecule has 0 radical (unpaired) electrons. The van der Waals surface area contributed by atoms with Gasteiger partial charge in [0, 0.05) is 31.8 Å². The lowest BCUT2D eigenvalue weighted by atomic mass is 10.1. The molecule has 1 aliphatic rings. The number of β-amino-alcohol motifs (C(OH)–C–C–N with tert-alkyl or cyclic N) is 1. The molecule has 0 saturated carbocycles. The van der Waals surface area contributed by atoms with Crippen LogP contribution >= 0.6 is 0 Å². The van der Waals surface area contributed by atoms with Crippen molar-refractivity contribution in [3.8, 4) is 5.75 Å². The van der Waals surface area contributed by atoms with Gasteiger partial charge >= 0.3 is 5.97 Å². The second kappa shape index (κ2) is 11.1. The predicted molar refractivity (Wildman–Crippen MR) is 96.5 cm³/mol. The molecule has 7 nitrogen and oxygen atoms in total. The molecule has 1 heterocycles. The van der Waals surface area contributed by atoms with Crippen LogP contribution in [0.1, 0.15) is 29.3 Å². The van der Waals surface area contributed by atoms with Crippen molar-refractivity contribution >= 4 is 5.97 Å². The number of esters is 1. The van der Waals surface area contributed by atoms with E-state index in [-0.39, 0.29) is 6.61 Å². The molecular weight excluding hydrogens is 338 g/mol. The van der Waals surface area contributed by atoms with E-state index in [1.54, 1.807) is 18.2 Å². The first-order valence-corrected chi connectivity index (χ1v) is 9.04. The maximum Gasteiger partial charge on any atom is 0.337 e. The van der Waals surface area contributed by atoms with Crippen LogP contribution < -0.4 is 4.74 Å². The van der Waals surface area contributed by atoms with Crippen molar-refractivity contribution in [2.24, 2.45) is 0 Å². The molecule has 0 amide bonds. The summed E-state index contributed by atoms with van der Waals surface area (Å²) in [4.78, 5) is 13.9. The van der Waals surface area contributed by atoms with Crippen molar-refractivity contribution in [3.63, 3.8) is 0 Å². The average Bonchev–Trinajstić information content (AvgIpc) is 2.67. The Bertz CT molecular complexity index is 559. The average molecular weight is 367 g/mol. The van der Waals surface area contributed by atoms with Gasteiger partial charge in [0.15, 0.2) is 0 Å². The Morgan fingerprint density at radius 2 is 2.12 bits per heavy atom. The molecule has 0 spiro atoms. The summed E-state index contributed by atoms with van der Waals surface area (Å²) in [6.07, 6.45) is 0.309. The minimum atomic E-state index is -0.599. The number of methoxy groups -OCH3 is 1. The number of morpholine rings is 1. The molecule has 1 saturated heterocycles. The fourth-order valence-electron chi connectivity index (χ4n) is 2.72. The number of hydrogen-bond donors (Lipinski definition) is 1. The number of carbonyl (C=O) groups is 1. The molecule has 26 heavy (non-hydrogen) atoms. The van der Waals surface area contributed by atoms with Crippen molar-refractivity contribution in [1.82, 2.24) is 4.90 Å². The van der Waals surface area contributed by atoms with Crippen LogP contribution in [0.2, 0.25) is 0 Å². The van der Waals surface area contributed by atoms with Crippen LogP contribution in [-0.2, 0) is 20.8 Å². The van der Waals surface area contributed by atoms with Crippen LogP contribution in [0.3, 0.4) is 0 Å². The zero-order valence-corrected chi connectivity index (χ0v) is 15.6. The molecule has 146 valence electrons. The number of nitrogens with zero attached hydrogens (tertiary/aromatic N) is 1. The van der Waals surface area contributed by atoms with E-state index >= 15 is 0 Å². The van der Waals surface area contributed by atoms with Gasteiger partial charge in [-0.2, -0.15) is 0 Å². The molecular formula is C19H29NO6. The third kappa shape index (κ3) is 6.57. The van der Waals surface area contributed by atoms with Crippen LogP contribution in [-0.4, -0.2) is 75.3 Å². The number of hydrogen-bond acceptors (Lipinski definition) is 7. The van der Waals surface area contributed by atoms with E-state index in [2.05, 4.69) is 4.90 Å². The van der Waals surface area contributed by atoms with Crippen LogP contribution in [0.25, 0.3) is 0 Å². The molecule has 1 aromatic rings. The number of ether oxygens (including phenoxy) is 4. The second-order valence-corrected chi connectivity index (χ2v) is 6.24. The second-order valence-electron chi connectivity index (χ2n) is 6.24. The van der Waals surface area contributed by atoms with E-state index in [0.29, 0.717) is 44.3 Å². The first kappa shape index (κ1) is 20.6. The third-order valence-electron chi connectivity index (χ3n) is 4.09. The fourth-order valence-corrected chi connectivity index (χ4v) is 2.72. The minimum absolute atomic E-state index is 0.176. The molecule has 1 atom stereocenters. The molecule has 1 fully saturated rings. The van der Waals surface area contributed by atoms with Crippen LogP contribution in [0, 0.1) is 0 Å². The highest BCUT2D eigenvalue weighted by Gasteiger charge is 2.17. The fraction of sp³-hybridized carbons (Fsp3) is 0.632. The summed E-state index contributed by atoms with van der Waals surface area (Å²) in [5.74, 6) is 0.204. The highest BCUT2D eigenvalue weighted by molar-refractivity contribution is 5.89. The summed E-state index contributed by atoms with van der Waals surface area (Å²) in [6.45, 7) is 6.76. The monoisotopic (exact) mass is 367 g/mol. The minimum Gasteiger partial charge on any atom is -0.490 e. The molecule has 7 heteroatoms. The molecule has 0 aromatic heterocycles. The van der Waals surface area contributed by atoms with Crippen LogP contribution in [0.5, 0.6) is 5.75 Å². The number of rotatable bonds is 10. The maximum atomic E-state index is 11.7. The lowest BCUT2D eigenvalue weighted by molar-refractivity contribution is 0.00434. The summed E-state index contributed by atoms with van der Waals surface area (Å²) in [6, 6.07) is 5.09. The van der Waals surface area contributed by atoms with E-state index in [1.165, 1.54) is 7.11 Å². The third-order valence-corrected chi connectivity index (χ3v) is 4.09. The van der Waals surface area contributed by atoms with E-state index in [0.717, 1.165) is 25.1 Å². The molecule has 1 aliphatic heterocycles. The molecule has 0 aliphatic carbocycles. The lowest BCUT2D eigenvalue weighted by Crippen LogP contribution is -2.42. The Morgan fingerprint density at radius 3 is 2.81 bits per heavy atom. The number of aliphatic hydroxyl groups is 1. The van der Waals surface area contributed by atoms with Crippen LogP contribution in [0.4, 0.5) is 0 Å².